The molecule has 2 aliphatic heterocycles. The number of likely N-dealkylation sites (tertiary alicyclic amines) is 1. The minimum absolute atomic E-state index is 0.0112. The Kier molecular flexibility index (Phi) is 4.31. The number of H-pyrrole nitrogens is 1. The van der Waals surface area contributed by atoms with E-state index in [2.05, 4.69) is 22.4 Å². The van der Waals surface area contributed by atoms with Gasteiger partial charge in [0, 0.05) is 37.9 Å². The van der Waals surface area contributed by atoms with Crippen LogP contribution in [0.3, 0.4) is 0 Å². The number of rotatable bonds is 4. The second-order valence-corrected chi connectivity index (χ2v) is 5.98. The van der Waals surface area contributed by atoms with Crippen molar-refractivity contribution in [2.75, 3.05) is 26.2 Å². The normalized spacial score (nSPS) is 19.6. The summed E-state index contributed by atoms with van der Waals surface area (Å²) in [5.74, 6) is -0.0112. The molecular weight excluding hydrogens is 282 g/mol. The quantitative estimate of drug-likeness (QED) is 0.870. The molecule has 0 saturated carbocycles. The van der Waals surface area contributed by atoms with Gasteiger partial charge in [0.2, 0.25) is 0 Å². The first-order valence-electron chi connectivity index (χ1n) is 8.07. The molecule has 2 saturated heterocycles. The maximum absolute atomic E-state index is 12.5. The molecule has 2 fully saturated rings. The molecule has 3 heterocycles. The van der Waals surface area contributed by atoms with Crippen LogP contribution in [0.5, 0.6) is 0 Å². The number of hydrogen-bond acceptors (Lipinski definition) is 3. The molecule has 0 bridgehead atoms. The van der Waals surface area contributed by atoms with E-state index in [9.17, 15) is 9.59 Å². The lowest BCUT2D eigenvalue weighted by Crippen LogP contribution is -2.47. The Morgan fingerprint density at radius 1 is 1.36 bits per heavy atom. The predicted octanol–water partition coefficient (Wildman–Crippen LogP) is 0.992. The number of hydrogen-bond donors (Lipinski definition) is 2. The van der Waals surface area contributed by atoms with Gasteiger partial charge in [-0.3, -0.25) is 9.89 Å². The Morgan fingerprint density at radius 2 is 2.14 bits per heavy atom. The van der Waals surface area contributed by atoms with Gasteiger partial charge in [0.05, 0.1) is 0 Å². The Hall–Kier alpha value is -2.05. The smallest absolute Gasteiger partial charge is 0.317 e. The van der Waals surface area contributed by atoms with Crippen LogP contribution in [0.1, 0.15) is 42.4 Å². The van der Waals surface area contributed by atoms with Crippen molar-refractivity contribution in [1.29, 1.82) is 0 Å². The first kappa shape index (κ1) is 14.9. The third-order valence-electron chi connectivity index (χ3n) is 4.45. The Morgan fingerprint density at radius 3 is 2.77 bits per heavy atom. The molecule has 3 rings (SSSR count). The average Bonchev–Trinajstić information content (AvgIpc) is 3.16. The van der Waals surface area contributed by atoms with Crippen LogP contribution >= 0.6 is 0 Å². The third kappa shape index (κ3) is 2.93. The fraction of sp³-hybridized carbons (Fsp3) is 0.667. The monoisotopic (exact) mass is 305 g/mol. The highest BCUT2D eigenvalue weighted by Crippen LogP contribution is 2.19. The lowest BCUT2D eigenvalue weighted by atomic mass is 10.0. The van der Waals surface area contributed by atoms with Crippen LogP contribution in [0.15, 0.2) is 6.07 Å². The molecular formula is C15H23N5O2. The van der Waals surface area contributed by atoms with E-state index in [1.165, 1.54) is 0 Å². The average molecular weight is 305 g/mol. The topological polar surface area (TPSA) is 81.3 Å². The Labute approximate surface area is 130 Å². The van der Waals surface area contributed by atoms with Crippen molar-refractivity contribution >= 4 is 11.9 Å². The summed E-state index contributed by atoms with van der Waals surface area (Å²) in [5.41, 5.74) is 1.51. The standard InChI is InChI=1S/C15H23N5O2/c1-2-3-11-10-13(18-17-11)14(21)19-7-4-12(5-8-19)20-9-6-16-15(20)22/h10,12H,2-9H2,1H3,(H,16,22)(H,17,18). The second-order valence-electron chi connectivity index (χ2n) is 5.98. The molecule has 0 atom stereocenters. The lowest BCUT2D eigenvalue weighted by molar-refractivity contribution is 0.0660. The SMILES string of the molecule is CCCc1cc(C(=O)N2CCC(N3CCNC3=O)CC2)n[nH]1. The number of carbonyl (C=O) groups excluding carboxylic acids is 2. The van der Waals surface area contributed by atoms with Crippen LogP contribution < -0.4 is 5.32 Å². The number of aromatic amines is 1. The largest absolute Gasteiger partial charge is 0.337 e. The molecule has 2 N–H and O–H groups in total. The summed E-state index contributed by atoms with van der Waals surface area (Å²) < 4.78 is 0. The van der Waals surface area contributed by atoms with Crippen molar-refractivity contribution in [3.8, 4) is 0 Å². The molecule has 0 unspecified atom stereocenters. The van der Waals surface area contributed by atoms with Crippen LogP contribution in [-0.2, 0) is 6.42 Å². The number of urea groups is 1. The van der Waals surface area contributed by atoms with Crippen molar-refractivity contribution in [2.24, 2.45) is 0 Å². The highest BCUT2D eigenvalue weighted by atomic mass is 16.2. The van der Waals surface area contributed by atoms with Gasteiger partial charge in [-0.05, 0) is 25.3 Å². The summed E-state index contributed by atoms with van der Waals surface area (Å²) >= 11 is 0. The van der Waals surface area contributed by atoms with Crippen LogP contribution in [0, 0.1) is 0 Å². The van der Waals surface area contributed by atoms with Crippen molar-refractivity contribution < 1.29 is 9.59 Å². The second kappa shape index (κ2) is 6.37. The number of piperidine rings is 1. The molecule has 120 valence electrons. The zero-order chi connectivity index (χ0) is 15.5. The predicted molar refractivity (Wildman–Crippen MR) is 81.6 cm³/mol. The van der Waals surface area contributed by atoms with Gasteiger partial charge in [0.25, 0.3) is 5.91 Å². The van der Waals surface area contributed by atoms with Gasteiger partial charge in [-0.15, -0.1) is 0 Å². The number of aryl methyl sites for hydroxylation is 1. The Balaban J connectivity index is 1.56. The first-order valence-corrected chi connectivity index (χ1v) is 8.07. The fourth-order valence-corrected chi connectivity index (χ4v) is 3.25. The number of nitrogens with zero attached hydrogens (tertiary/aromatic N) is 3. The molecule has 7 heteroatoms. The van der Waals surface area contributed by atoms with Gasteiger partial charge >= 0.3 is 6.03 Å². The van der Waals surface area contributed by atoms with Crippen molar-refractivity contribution in [2.45, 2.75) is 38.6 Å². The molecule has 0 spiro atoms. The molecule has 1 aromatic rings. The summed E-state index contributed by atoms with van der Waals surface area (Å²) in [4.78, 5) is 27.9. The van der Waals surface area contributed by atoms with E-state index in [4.69, 9.17) is 0 Å². The van der Waals surface area contributed by atoms with E-state index in [0.717, 1.165) is 44.5 Å². The van der Waals surface area contributed by atoms with Gasteiger partial charge < -0.3 is 15.1 Å². The van der Waals surface area contributed by atoms with Gasteiger partial charge in [-0.25, -0.2) is 4.79 Å². The van der Waals surface area contributed by atoms with Gasteiger partial charge in [0.15, 0.2) is 0 Å². The lowest BCUT2D eigenvalue weighted by Gasteiger charge is -2.35. The number of carbonyl (C=O) groups is 2. The summed E-state index contributed by atoms with van der Waals surface area (Å²) in [6.45, 7) is 4.97. The van der Waals surface area contributed by atoms with E-state index in [-0.39, 0.29) is 18.0 Å². The van der Waals surface area contributed by atoms with Crippen LogP contribution in [0.4, 0.5) is 4.79 Å². The fourth-order valence-electron chi connectivity index (χ4n) is 3.25. The maximum atomic E-state index is 12.5. The molecule has 0 aromatic carbocycles. The van der Waals surface area contributed by atoms with Crippen LogP contribution in [0.25, 0.3) is 0 Å². The van der Waals surface area contributed by atoms with Crippen molar-refractivity contribution in [1.82, 2.24) is 25.3 Å². The third-order valence-corrected chi connectivity index (χ3v) is 4.45. The number of aromatic nitrogens is 2. The van der Waals surface area contributed by atoms with E-state index < -0.39 is 0 Å². The Bertz CT molecular complexity index is 548. The van der Waals surface area contributed by atoms with Crippen LogP contribution in [-0.4, -0.2) is 64.2 Å². The van der Waals surface area contributed by atoms with Crippen LogP contribution in [0.2, 0.25) is 0 Å². The summed E-state index contributed by atoms with van der Waals surface area (Å²) in [6.07, 6.45) is 3.61. The molecule has 2 aliphatic rings. The number of nitrogens with one attached hydrogen (secondary N) is 2. The highest BCUT2D eigenvalue weighted by Gasteiger charge is 2.32. The molecule has 22 heavy (non-hydrogen) atoms. The first-order chi connectivity index (χ1) is 10.7. The van der Waals surface area contributed by atoms with Gasteiger partial charge in [0.1, 0.15) is 5.69 Å². The molecule has 7 nitrogen and oxygen atoms in total. The van der Waals surface area contributed by atoms with Crippen molar-refractivity contribution in [3.05, 3.63) is 17.5 Å². The van der Waals surface area contributed by atoms with Gasteiger partial charge in [-0.1, -0.05) is 13.3 Å². The van der Waals surface area contributed by atoms with E-state index in [1.807, 2.05) is 15.9 Å². The van der Waals surface area contributed by atoms with E-state index in [0.29, 0.717) is 18.8 Å². The summed E-state index contributed by atoms with van der Waals surface area (Å²) in [5, 5.41) is 9.89. The van der Waals surface area contributed by atoms with E-state index >= 15 is 0 Å². The zero-order valence-electron chi connectivity index (χ0n) is 13.0. The summed E-state index contributed by atoms with van der Waals surface area (Å²) in [6, 6.07) is 2.13. The molecule has 3 amide bonds. The minimum Gasteiger partial charge on any atom is -0.337 e. The number of amides is 3. The molecule has 1 aromatic heterocycles. The maximum Gasteiger partial charge on any atom is 0.317 e. The molecule has 0 radical (unpaired) electrons. The highest BCUT2D eigenvalue weighted by molar-refractivity contribution is 5.92. The van der Waals surface area contributed by atoms with Crippen molar-refractivity contribution in [3.63, 3.8) is 0 Å². The van der Waals surface area contributed by atoms with E-state index in [1.54, 1.807) is 0 Å². The minimum atomic E-state index is -0.0112. The summed E-state index contributed by atoms with van der Waals surface area (Å²) in [7, 11) is 0. The molecule has 0 aliphatic carbocycles. The zero-order valence-corrected chi connectivity index (χ0v) is 13.0. The van der Waals surface area contributed by atoms with Gasteiger partial charge in [-0.2, -0.15) is 5.10 Å².